The van der Waals surface area contributed by atoms with E-state index in [1.54, 1.807) is 0 Å². The number of amides is 1. The van der Waals surface area contributed by atoms with Crippen LogP contribution in [0, 0.1) is 11.8 Å². The van der Waals surface area contributed by atoms with Gasteiger partial charge in [-0.25, -0.2) is 8.42 Å². The maximum Gasteiger partial charge on any atom is 0.222 e. The van der Waals surface area contributed by atoms with E-state index in [4.69, 9.17) is 4.74 Å². The summed E-state index contributed by atoms with van der Waals surface area (Å²) < 4.78 is 28.6. The molecule has 0 aliphatic carbocycles. The van der Waals surface area contributed by atoms with E-state index in [0.29, 0.717) is 25.4 Å². The lowest BCUT2D eigenvalue weighted by Crippen LogP contribution is -2.39. The molecule has 3 rings (SSSR count). The van der Waals surface area contributed by atoms with Crippen molar-refractivity contribution in [2.24, 2.45) is 11.8 Å². The zero-order valence-corrected chi connectivity index (χ0v) is 17.0. The molecule has 1 atom stereocenters. The van der Waals surface area contributed by atoms with Gasteiger partial charge in [0, 0.05) is 19.5 Å². The van der Waals surface area contributed by atoms with Crippen molar-refractivity contribution < 1.29 is 17.9 Å². The summed E-state index contributed by atoms with van der Waals surface area (Å²) >= 11 is 0. The van der Waals surface area contributed by atoms with Crippen molar-refractivity contribution in [3.63, 3.8) is 0 Å². The first-order valence-electron chi connectivity index (χ1n) is 10.1. The van der Waals surface area contributed by atoms with E-state index in [-0.39, 0.29) is 23.3 Å². The second-order valence-corrected chi connectivity index (χ2v) is 10.1. The highest BCUT2D eigenvalue weighted by molar-refractivity contribution is 7.91. The van der Waals surface area contributed by atoms with Gasteiger partial charge in [-0.2, -0.15) is 0 Å². The molecule has 27 heavy (non-hydrogen) atoms. The Hall–Kier alpha value is -1.56. The Kier molecular flexibility index (Phi) is 6.79. The summed E-state index contributed by atoms with van der Waals surface area (Å²) in [4.78, 5) is 14.4. The van der Waals surface area contributed by atoms with E-state index in [0.717, 1.165) is 44.5 Å². The Morgan fingerprint density at radius 3 is 2.41 bits per heavy atom. The Bertz CT molecular complexity index is 721. The number of piperidine rings is 1. The largest absolute Gasteiger partial charge is 0.494 e. The topological polar surface area (TPSA) is 63.7 Å². The molecule has 150 valence electrons. The average molecular weight is 394 g/mol. The molecule has 1 amide bonds. The second kappa shape index (κ2) is 9.09. The van der Waals surface area contributed by atoms with E-state index >= 15 is 0 Å². The van der Waals surface area contributed by atoms with Crippen LogP contribution in [-0.2, 0) is 21.1 Å². The molecule has 0 N–H and O–H groups in total. The van der Waals surface area contributed by atoms with Crippen LogP contribution in [-0.4, -0.2) is 50.4 Å². The van der Waals surface area contributed by atoms with E-state index in [1.165, 1.54) is 5.56 Å². The summed E-state index contributed by atoms with van der Waals surface area (Å²) in [5.41, 5.74) is 1.33. The number of carbonyl (C=O) groups is 1. The van der Waals surface area contributed by atoms with Crippen molar-refractivity contribution in [2.75, 3.05) is 31.2 Å². The monoisotopic (exact) mass is 393 g/mol. The molecule has 0 aromatic heterocycles. The van der Waals surface area contributed by atoms with Gasteiger partial charge >= 0.3 is 0 Å². The van der Waals surface area contributed by atoms with Gasteiger partial charge in [0.2, 0.25) is 5.91 Å². The van der Waals surface area contributed by atoms with Crippen LogP contribution in [0.15, 0.2) is 24.3 Å². The maximum atomic E-state index is 12.5. The van der Waals surface area contributed by atoms with Gasteiger partial charge < -0.3 is 9.64 Å². The number of aryl methyl sites for hydroxylation is 1. The lowest BCUT2D eigenvalue weighted by atomic mass is 9.90. The molecule has 6 heteroatoms. The first-order valence-corrected chi connectivity index (χ1v) is 12.0. The predicted octanol–water partition coefficient (Wildman–Crippen LogP) is 3.08. The number of likely N-dealkylation sites (tertiary alicyclic amines) is 1. The van der Waals surface area contributed by atoms with Crippen LogP contribution in [0.3, 0.4) is 0 Å². The fourth-order valence-electron chi connectivity index (χ4n) is 4.17. The molecular formula is C21H31NO4S. The van der Waals surface area contributed by atoms with E-state index in [2.05, 4.69) is 12.1 Å². The highest BCUT2D eigenvalue weighted by Crippen LogP contribution is 2.26. The number of ether oxygens (including phenoxy) is 1. The third-order valence-electron chi connectivity index (χ3n) is 5.83. The minimum absolute atomic E-state index is 0.0277. The third kappa shape index (κ3) is 5.96. The smallest absolute Gasteiger partial charge is 0.222 e. The SMILES string of the molecule is CCOc1ccc(CCC2CCN(C(=O)CC3CCS(=O)(=O)C3)CC2)cc1. The number of sulfone groups is 1. The van der Waals surface area contributed by atoms with E-state index in [9.17, 15) is 13.2 Å². The molecule has 2 fully saturated rings. The van der Waals surface area contributed by atoms with Gasteiger partial charge in [0.25, 0.3) is 0 Å². The molecule has 1 aromatic rings. The van der Waals surface area contributed by atoms with E-state index < -0.39 is 9.84 Å². The van der Waals surface area contributed by atoms with Crippen molar-refractivity contribution >= 4 is 15.7 Å². The fourth-order valence-corrected chi connectivity index (χ4v) is 6.03. The van der Waals surface area contributed by atoms with Crippen LogP contribution in [0.4, 0.5) is 0 Å². The molecule has 0 radical (unpaired) electrons. The average Bonchev–Trinajstić information content (AvgIpc) is 3.00. The molecule has 2 aliphatic rings. The first kappa shape index (κ1) is 20.2. The van der Waals surface area contributed by atoms with Gasteiger partial charge in [-0.15, -0.1) is 0 Å². The standard InChI is InChI=1S/C21H31NO4S/c1-2-26-20-7-5-17(6-8-20)3-4-18-9-12-22(13-10-18)21(23)15-19-11-14-27(24,25)16-19/h5-8,18-19H,2-4,9-16H2,1H3. The number of hydrogen-bond acceptors (Lipinski definition) is 4. The van der Waals surface area contributed by atoms with Crippen molar-refractivity contribution in [2.45, 2.75) is 45.4 Å². The summed E-state index contributed by atoms with van der Waals surface area (Å²) in [7, 11) is -2.90. The van der Waals surface area contributed by atoms with Gasteiger partial charge in [0.1, 0.15) is 5.75 Å². The summed E-state index contributed by atoms with van der Waals surface area (Å²) in [6, 6.07) is 8.34. The Balaban J connectivity index is 1.37. The minimum Gasteiger partial charge on any atom is -0.494 e. The Labute approximate surface area is 163 Å². The summed E-state index contributed by atoms with van der Waals surface area (Å²) in [6.45, 7) is 4.30. The molecule has 2 heterocycles. The fraction of sp³-hybridized carbons (Fsp3) is 0.667. The molecule has 2 saturated heterocycles. The van der Waals surface area contributed by atoms with Crippen LogP contribution in [0.5, 0.6) is 5.75 Å². The van der Waals surface area contributed by atoms with Crippen LogP contribution in [0.2, 0.25) is 0 Å². The zero-order chi connectivity index (χ0) is 19.3. The summed E-state index contributed by atoms with van der Waals surface area (Å²) in [6.07, 6.45) is 5.35. The molecule has 1 aromatic carbocycles. The highest BCUT2D eigenvalue weighted by atomic mass is 32.2. The number of carbonyl (C=O) groups excluding carboxylic acids is 1. The molecule has 0 bridgehead atoms. The lowest BCUT2D eigenvalue weighted by Gasteiger charge is -2.32. The third-order valence-corrected chi connectivity index (χ3v) is 7.67. The first-order chi connectivity index (χ1) is 12.9. The molecule has 2 aliphatic heterocycles. The quantitative estimate of drug-likeness (QED) is 0.714. The normalized spacial score (nSPS) is 22.7. The maximum absolute atomic E-state index is 12.5. The lowest BCUT2D eigenvalue weighted by molar-refractivity contribution is -0.133. The van der Waals surface area contributed by atoms with Gasteiger partial charge in [0.05, 0.1) is 18.1 Å². The molecule has 0 saturated carbocycles. The van der Waals surface area contributed by atoms with Gasteiger partial charge in [-0.05, 0) is 68.6 Å². The number of nitrogens with zero attached hydrogens (tertiary/aromatic N) is 1. The zero-order valence-electron chi connectivity index (χ0n) is 16.2. The van der Waals surface area contributed by atoms with Crippen LogP contribution >= 0.6 is 0 Å². The van der Waals surface area contributed by atoms with Gasteiger partial charge in [-0.3, -0.25) is 4.79 Å². The summed E-state index contributed by atoms with van der Waals surface area (Å²) in [5.74, 6) is 2.19. The van der Waals surface area contributed by atoms with Gasteiger partial charge in [-0.1, -0.05) is 12.1 Å². The van der Waals surface area contributed by atoms with Crippen molar-refractivity contribution in [1.29, 1.82) is 0 Å². The molecule has 1 unspecified atom stereocenters. The molecular weight excluding hydrogens is 362 g/mol. The number of rotatable bonds is 7. The number of hydrogen-bond donors (Lipinski definition) is 0. The van der Waals surface area contributed by atoms with Crippen molar-refractivity contribution in [3.8, 4) is 5.75 Å². The Morgan fingerprint density at radius 1 is 1.11 bits per heavy atom. The Morgan fingerprint density at radius 2 is 1.81 bits per heavy atom. The molecule has 5 nitrogen and oxygen atoms in total. The van der Waals surface area contributed by atoms with Crippen LogP contribution in [0.25, 0.3) is 0 Å². The van der Waals surface area contributed by atoms with Crippen molar-refractivity contribution in [1.82, 2.24) is 4.90 Å². The molecule has 0 spiro atoms. The highest BCUT2D eigenvalue weighted by Gasteiger charge is 2.31. The predicted molar refractivity (Wildman–Crippen MR) is 107 cm³/mol. The second-order valence-electron chi connectivity index (χ2n) is 7.91. The van der Waals surface area contributed by atoms with E-state index in [1.807, 2.05) is 24.0 Å². The summed E-state index contributed by atoms with van der Waals surface area (Å²) in [5, 5.41) is 0. The number of benzene rings is 1. The minimum atomic E-state index is -2.90. The van der Waals surface area contributed by atoms with Crippen molar-refractivity contribution in [3.05, 3.63) is 29.8 Å². The van der Waals surface area contributed by atoms with Crippen LogP contribution in [0.1, 0.15) is 44.6 Å². The van der Waals surface area contributed by atoms with Gasteiger partial charge in [0.15, 0.2) is 9.84 Å². The van der Waals surface area contributed by atoms with Crippen LogP contribution < -0.4 is 4.74 Å².